The number of amides is 1. The van der Waals surface area contributed by atoms with E-state index in [0.29, 0.717) is 11.5 Å². The highest BCUT2D eigenvalue weighted by Crippen LogP contribution is 2.22. The van der Waals surface area contributed by atoms with Crippen LogP contribution in [0.3, 0.4) is 0 Å². The first kappa shape index (κ1) is 23.3. The monoisotopic (exact) mass is 475 g/mol. The fraction of sp³-hybridized carbons (Fsp3) is 0.167. The van der Waals surface area contributed by atoms with Crippen molar-refractivity contribution in [2.75, 3.05) is 5.32 Å². The largest absolute Gasteiger partial charge is 0.292 e. The highest BCUT2D eigenvalue weighted by molar-refractivity contribution is 6.04. The number of rotatable bonds is 10. The van der Waals surface area contributed by atoms with Crippen LogP contribution in [0.25, 0.3) is 16.8 Å². The van der Waals surface area contributed by atoms with Gasteiger partial charge in [0.1, 0.15) is 0 Å². The Morgan fingerprint density at radius 3 is 2.39 bits per heavy atom. The molecule has 1 amide bonds. The number of H-pyrrole nitrogens is 1. The molecule has 180 valence electrons. The molecule has 5 rings (SSSR count). The van der Waals surface area contributed by atoms with Crippen molar-refractivity contribution in [3.05, 3.63) is 120 Å². The van der Waals surface area contributed by atoms with Gasteiger partial charge in [-0.15, -0.1) is 0 Å². The summed E-state index contributed by atoms with van der Waals surface area (Å²) in [7, 11) is 0. The molecule has 0 atom stereocenters. The number of imidazole rings is 1. The van der Waals surface area contributed by atoms with Gasteiger partial charge in [-0.05, 0) is 61.1 Å². The van der Waals surface area contributed by atoms with Crippen molar-refractivity contribution in [3.8, 4) is 16.8 Å². The molecule has 2 aromatic heterocycles. The first-order valence-electron chi connectivity index (χ1n) is 12.3. The van der Waals surface area contributed by atoms with E-state index in [1.165, 1.54) is 5.56 Å². The number of carbonyl (C=O) groups excluding carboxylic acids is 1. The van der Waals surface area contributed by atoms with Crippen LogP contribution in [0.15, 0.2) is 104 Å². The maximum atomic E-state index is 13.2. The molecule has 3 aromatic carbocycles. The summed E-state index contributed by atoms with van der Waals surface area (Å²) in [6, 6.07) is 28.1. The van der Waals surface area contributed by atoms with Crippen LogP contribution in [0.4, 0.5) is 5.95 Å². The van der Waals surface area contributed by atoms with Crippen molar-refractivity contribution < 1.29 is 4.79 Å². The van der Waals surface area contributed by atoms with Gasteiger partial charge in [0.15, 0.2) is 0 Å². The molecule has 0 aliphatic carbocycles. The average molecular weight is 476 g/mol. The Morgan fingerprint density at radius 1 is 0.833 bits per heavy atom. The van der Waals surface area contributed by atoms with Gasteiger partial charge in [0.2, 0.25) is 5.95 Å². The van der Waals surface area contributed by atoms with Crippen LogP contribution in [0, 0.1) is 0 Å². The van der Waals surface area contributed by atoms with Crippen molar-refractivity contribution >= 4 is 11.9 Å². The van der Waals surface area contributed by atoms with Crippen molar-refractivity contribution in [3.63, 3.8) is 0 Å². The number of hydrogen-bond donors (Lipinski definition) is 2. The maximum absolute atomic E-state index is 13.2. The normalized spacial score (nSPS) is 10.9. The van der Waals surface area contributed by atoms with E-state index in [0.717, 1.165) is 54.6 Å². The number of aryl methyl sites for hydroxylation is 2. The van der Waals surface area contributed by atoms with E-state index in [-0.39, 0.29) is 5.91 Å². The number of unbranched alkanes of at least 4 members (excludes halogenated alkanes) is 2. The minimum atomic E-state index is -0.197. The molecule has 0 fully saturated rings. The third-order valence-corrected chi connectivity index (χ3v) is 6.21. The molecule has 5 aromatic rings. The molecule has 2 heterocycles. The van der Waals surface area contributed by atoms with Crippen molar-refractivity contribution in [2.45, 2.75) is 32.1 Å². The van der Waals surface area contributed by atoms with E-state index < -0.39 is 0 Å². The summed E-state index contributed by atoms with van der Waals surface area (Å²) >= 11 is 0. The molecule has 0 aliphatic heterocycles. The van der Waals surface area contributed by atoms with Gasteiger partial charge in [0.25, 0.3) is 5.91 Å². The Bertz CT molecular complexity index is 1390. The number of benzene rings is 3. The number of para-hydroxylation sites is 1. The lowest BCUT2D eigenvalue weighted by atomic mass is 10.1. The molecule has 0 unspecified atom stereocenters. The minimum absolute atomic E-state index is 0.197. The summed E-state index contributed by atoms with van der Waals surface area (Å²) < 4.78 is 1.96. The quantitative estimate of drug-likeness (QED) is 0.227. The van der Waals surface area contributed by atoms with E-state index in [1.54, 1.807) is 6.20 Å². The van der Waals surface area contributed by atoms with Crippen LogP contribution < -0.4 is 5.32 Å². The fourth-order valence-electron chi connectivity index (χ4n) is 4.30. The summed E-state index contributed by atoms with van der Waals surface area (Å²) in [5.41, 5.74) is 5.75. The molecule has 6 nitrogen and oxygen atoms in total. The van der Waals surface area contributed by atoms with Crippen molar-refractivity contribution in [1.29, 1.82) is 0 Å². The molecule has 6 heteroatoms. The highest BCUT2D eigenvalue weighted by atomic mass is 16.1. The summed E-state index contributed by atoms with van der Waals surface area (Å²) in [6.45, 7) is 0. The highest BCUT2D eigenvalue weighted by Gasteiger charge is 2.15. The van der Waals surface area contributed by atoms with Crippen LogP contribution in [0.2, 0.25) is 0 Å². The van der Waals surface area contributed by atoms with Crippen molar-refractivity contribution in [2.24, 2.45) is 0 Å². The van der Waals surface area contributed by atoms with Crippen LogP contribution in [-0.2, 0) is 12.8 Å². The smallest absolute Gasteiger partial charge is 0.258 e. The summed E-state index contributed by atoms with van der Waals surface area (Å²) in [5.74, 6) is 0.330. The standard InChI is InChI=1S/C30H29N5O/c36-29(25-15-10-14-24(19-25)26-20-31-32-21-26)34-30-33-27(22-35(30)28-17-8-3-9-18-28)16-7-2-6-13-23-11-4-1-5-12-23/h1,3-5,8-12,14-15,17-22H,2,6-7,13,16H2,(H,31,32)(H,33,34,36). The van der Waals surface area contributed by atoms with Gasteiger partial charge in [-0.2, -0.15) is 5.10 Å². The first-order chi connectivity index (χ1) is 17.8. The number of nitrogens with one attached hydrogen (secondary N) is 2. The van der Waals surface area contributed by atoms with Gasteiger partial charge < -0.3 is 0 Å². The molecular weight excluding hydrogens is 446 g/mol. The minimum Gasteiger partial charge on any atom is -0.292 e. The van der Waals surface area contributed by atoms with Gasteiger partial charge in [-0.1, -0.05) is 67.1 Å². The number of aromatic amines is 1. The molecule has 0 spiro atoms. The zero-order valence-corrected chi connectivity index (χ0v) is 20.1. The molecule has 0 saturated heterocycles. The van der Waals surface area contributed by atoms with Gasteiger partial charge in [0.05, 0.1) is 11.9 Å². The number of nitrogens with zero attached hydrogens (tertiary/aromatic N) is 3. The van der Waals surface area contributed by atoms with E-state index in [4.69, 9.17) is 4.98 Å². The second-order valence-corrected chi connectivity index (χ2v) is 8.83. The molecule has 0 bridgehead atoms. The van der Waals surface area contributed by atoms with Gasteiger partial charge in [-0.3, -0.25) is 19.8 Å². The summed E-state index contributed by atoms with van der Waals surface area (Å²) in [4.78, 5) is 18.0. The third kappa shape index (κ3) is 5.78. The number of hydrogen-bond acceptors (Lipinski definition) is 3. The van der Waals surface area contributed by atoms with Gasteiger partial charge >= 0.3 is 0 Å². The first-order valence-corrected chi connectivity index (χ1v) is 12.3. The molecule has 0 radical (unpaired) electrons. The summed E-state index contributed by atoms with van der Waals surface area (Å²) in [5, 5.41) is 9.85. The van der Waals surface area contributed by atoms with Gasteiger partial charge in [0, 0.05) is 29.2 Å². The Balaban J connectivity index is 1.28. The van der Waals surface area contributed by atoms with Crippen LogP contribution >= 0.6 is 0 Å². The number of anilines is 1. The lowest BCUT2D eigenvalue weighted by Crippen LogP contribution is -2.15. The second kappa shape index (κ2) is 11.3. The zero-order valence-electron chi connectivity index (χ0n) is 20.1. The average Bonchev–Trinajstić information content (AvgIpc) is 3.60. The summed E-state index contributed by atoms with van der Waals surface area (Å²) in [6.07, 6.45) is 10.9. The predicted molar refractivity (Wildman–Crippen MR) is 143 cm³/mol. The van der Waals surface area contributed by atoms with E-state index in [9.17, 15) is 4.79 Å². The molecule has 2 N–H and O–H groups in total. The van der Waals surface area contributed by atoms with E-state index >= 15 is 0 Å². The van der Waals surface area contributed by atoms with Crippen molar-refractivity contribution in [1.82, 2.24) is 19.7 Å². The van der Waals surface area contributed by atoms with E-state index in [1.807, 2.05) is 71.6 Å². The zero-order chi connectivity index (χ0) is 24.6. The maximum Gasteiger partial charge on any atom is 0.258 e. The molecule has 0 saturated carbocycles. The Kier molecular flexibility index (Phi) is 7.32. The lowest BCUT2D eigenvalue weighted by Gasteiger charge is -2.09. The number of carbonyl (C=O) groups is 1. The Morgan fingerprint density at radius 2 is 1.61 bits per heavy atom. The molecule has 36 heavy (non-hydrogen) atoms. The second-order valence-electron chi connectivity index (χ2n) is 8.83. The van der Waals surface area contributed by atoms with Crippen LogP contribution in [0.1, 0.15) is 40.9 Å². The fourth-order valence-corrected chi connectivity index (χ4v) is 4.30. The van der Waals surface area contributed by atoms with Crippen LogP contribution in [0.5, 0.6) is 0 Å². The lowest BCUT2D eigenvalue weighted by molar-refractivity contribution is 0.102. The number of aromatic nitrogens is 4. The van der Waals surface area contributed by atoms with E-state index in [2.05, 4.69) is 45.8 Å². The third-order valence-electron chi connectivity index (χ3n) is 6.21. The SMILES string of the molecule is O=C(Nc1nc(CCCCCc2ccccc2)cn1-c1ccccc1)c1cccc(-c2cn[nH]c2)c1. The Labute approximate surface area is 211 Å². The Hall–Kier alpha value is -4.45. The van der Waals surface area contributed by atoms with Gasteiger partial charge in [-0.25, -0.2) is 4.98 Å². The molecular formula is C30H29N5O. The predicted octanol–water partition coefficient (Wildman–Crippen LogP) is 6.47. The molecule has 0 aliphatic rings. The van der Waals surface area contributed by atoms with Crippen LogP contribution in [-0.4, -0.2) is 25.7 Å². The topological polar surface area (TPSA) is 75.6 Å².